The summed E-state index contributed by atoms with van der Waals surface area (Å²) in [6, 6.07) is 20.2. The van der Waals surface area contributed by atoms with E-state index in [0.717, 1.165) is 11.1 Å². The molecule has 2 heterocycles. The number of aromatic nitrogens is 3. The fraction of sp³-hybridized carbons (Fsp3) is 0. The van der Waals surface area contributed by atoms with Gasteiger partial charge in [-0.1, -0.05) is 42.5 Å². The van der Waals surface area contributed by atoms with Crippen molar-refractivity contribution in [2.75, 3.05) is 0 Å². The quantitative estimate of drug-likeness (QED) is 0.551. The van der Waals surface area contributed by atoms with Crippen molar-refractivity contribution in [2.24, 2.45) is 0 Å². The largest absolute Gasteiger partial charge is 0.295 e. The summed E-state index contributed by atoms with van der Waals surface area (Å²) >= 11 is 0. The van der Waals surface area contributed by atoms with Crippen molar-refractivity contribution < 1.29 is 9.59 Å². The molecule has 0 radical (unpaired) electrons. The van der Waals surface area contributed by atoms with E-state index in [0.29, 0.717) is 11.2 Å². The molecule has 0 bridgehead atoms. The lowest BCUT2D eigenvalue weighted by atomic mass is 10.2. The lowest BCUT2D eigenvalue weighted by molar-refractivity contribution is 0.0840. The Bertz CT molecular complexity index is 1120. The van der Waals surface area contributed by atoms with Crippen molar-refractivity contribution in [3.05, 3.63) is 90.6 Å². The van der Waals surface area contributed by atoms with E-state index < -0.39 is 11.8 Å². The number of imidazole rings is 1. The summed E-state index contributed by atoms with van der Waals surface area (Å²) in [4.78, 5) is 33.1. The van der Waals surface area contributed by atoms with Gasteiger partial charge in [0.25, 0.3) is 11.8 Å². The number of benzene rings is 2. The normalized spacial score (nSPS) is 10.5. The first kappa shape index (κ1) is 16.5. The molecule has 0 unspecified atom stereocenters. The van der Waals surface area contributed by atoms with Crippen LogP contribution in [-0.4, -0.2) is 26.3 Å². The standard InChI is InChI=1S/C20H15N5O2/c26-19(17-11-10-14-6-4-5-9-16(14)22-17)23-24-20(27)18-12-21-13-25(18)15-7-2-1-3-8-15/h1-13H,(H,23,26)(H,24,27). The molecular formula is C20H15N5O2. The Hall–Kier alpha value is -4.00. The highest BCUT2D eigenvalue weighted by atomic mass is 16.2. The van der Waals surface area contributed by atoms with E-state index in [4.69, 9.17) is 0 Å². The zero-order valence-corrected chi connectivity index (χ0v) is 14.2. The Morgan fingerprint density at radius 2 is 1.56 bits per heavy atom. The van der Waals surface area contributed by atoms with Crippen molar-refractivity contribution in [1.82, 2.24) is 25.4 Å². The van der Waals surface area contributed by atoms with Crippen LogP contribution in [0.25, 0.3) is 16.6 Å². The van der Waals surface area contributed by atoms with E-state index >= 15 is 0 Å². The number of nitrogens with zero attached hydrogens (tertiary/aromatic N) is 3. The zero-order valence-electron chi connectivity index (χ0n) is 14.2. The minimum Gasteiger partial charge on any atom is -0.295 e. The molecule has 0 spiro atoms. The van der Waals surface area contributed by atoms with Crippen LogP contribution in [0, 0.1) is 0 Å². The maximum atomic E-state index is 12.4. The van der Waals surface area contributed by atoms with Gasteiger partial charge in [-0.3, -0.25) is 25.0 Å². The number of para-hydroxylation sites is 2. The minimum absolute atomic E-state index is 0.213. The molecule has 0 aliphatic carbocycles. The van der Waals surface area contributed by atoms with Crippen LogP contribution in [0.3, 0.4) is 0 Å². The second-order valence-electron chi connectivity index (χ2n) is 5.78. The van der Waals surface area contributed by atoms with Crippen molar-refractivity contribution in [3.63, 3.8) is 0 Å². The average Bonchev–Trinajstić information content (AvgIpc) is 3.22. The third-order valence-corrected chi connectivity index (χ3v) is 4.03. The molecule has 0 fully saturated rings. The monoisotopic (exact) mass is 357 g/mol. The minimum atomic E-state index is -0.500. The van der Waals surface area contributed by atoms with E-state index in [1.54, 1.807) is 10.6 Å². The van der Waals surface area contributed by atoms with Crippen molar-refractivity contribution >= 4 is 22.7 Å². The highest BCUT2D eigenvalue weighted by Gasteiger charge is 2.15. The van der Waals surface area contributed by atoms with Crippen molar-refractivity contribution in [2.45, 2.75) is 0 Å². The first-order chi connectivity index (χ1) is 13.2. The van der Waals surface area contributed by atoms with Gasteiger partial charge in [-0.15, -0.1) is 0 Å². The molecule has 2 amide bonds. The van der Waals surface area contributed by atoms with E-state index in [9.17, 15) is 9.59 Å². The number of hydrogen-bond acceptors (Lipinski definition) is 4. The zero-order chi connectivity index (χ0) is 18.6. The third kappa shape index (κ3) is 3.38. The number of amides is 2. The Balaban J connectivity index is 1.48. The fourth-order valence-corrected chi connectivity index (χ4v) is 2.69. The van der Waals surface area contributed by atoms with Gasteiger partial charge in [0.05, 0.1) is 18.0 Å². The Morgan fingerprint density at radius 1 is 0.815 bits per heavy atom. The van der Waals surface area contributed by atoms with Crippen LogP contribution in [-0.2, 0) is 0 Å². The van der Waals surface area contributed by atoms with Gasteiger partial charge in [0.2, 0.25) is 0 Å². The molecule has 27 heavy (non-hydrogen) atoms. The average molecular weight is 357 g/mol. The molecule has 4 aromatic rings. The predicted molar refractivity (Wildman–Crippen MR) is 100 cm³/mol. The molecule has 132 valence electrons. The molecular weight excluding hydrogens is 342 g/mol. The number of carbonyl (C=O) groups excluding carboxylic acids is 2. The molecule has 0 saturated heterocycles. The van der Waals surface area contributed by atoms with Crippen LogP contribution in [0.4, 0.5) is 0 Å². The first-order valence-corrected chi connectivity index (χ1v) is 8.26. The van der Waals surface area contributed by atoms with Crippen molar-refractivity contribution in [3.8, 4) is 5.69 Å². The lowest BCUT2D eigenvalue weighted by Crippen LogP contribution is -2.42. The van der Waals surface area contributed by atoms with Crippen molar-refractivity contribution in [1.29, 1.82) is 0 Å². The van der Waals surface area contributed by atoms with E-state index in [-0.39, 0.29) is 5.69 Å². The maximum absolute atomic E-state index is 12.4. The van der Waals surface area contributed by atoms with E-state index in [1.807, 2.05) is 60.7 Å². The topological polar surface area (TPSA) is 88.9 Å². The van der Waals surface area contributed by atoms with Crippen LogP contribution in [0.1, 0.15) is 21.0 Å². The third-order valence-electron chi connectivity index (χ3n) is 4.03. The SMILES string of the molecule is O=C(NNC(=O)c1cncn1-c1ccccc1)c1ccc2ccccc2n1. The summed E-state index contributed by atoms with van der Waals surface area (Å²) in [7, 11) is 0. The highest BCUT2D eigenvalue weighted by Crippen LogP contribution is 2.12. The molecule has 0 aliphatic heterocycles. The molecule has 2 aromatic heterocycles. The summed E-state index contributed by atoms with van der Waals surface area (Å²) in [6.07, 6.45) is 2.97. The number of hydrogen-bond donors (Lipinski definition) is 2. The van der Waals surface area contributed by atoms with Crippen LogP contribution in [0.5, 0.6) is 0 Å². The Morgan fingerprint density at radius 3 is 2.41 bits per heavy atom. The number of hydrazine groups is 1. The molecule has 0 aliphatic rings. The first-order valence-electron chi connectivity index (χ1n) is 8.26. The molecule has 0 saturated carbocycles. The van der Waals surface area contributed by atoms with Crippen LogP contribution >= 0.6 is 0 Å². The number of nitrogens with one attached hydrogen (secondary N) is 2. The Labute approximate surface area is 154 Å². The maximum Gasteiger partial charge on any atom is 0.288 e. The van der Waals surface area contributed by atoms with E-state index in [2.05, 4.69) is 20.8 Å². The number of pyridine rings is 1. The van der Waals surface area contributed by atoms with Gasteiger partial charge in [0.15, 0.2) is 0 Å². The van der Waals surface area contributed by atoms with Gasteiger partial charge in [-0.25, -0.2) is 9.97 Å². The lowest BCUT2D eigenvalue weighted by Gasteiger charge is -2.10. The molecule has 0 atom stereocenters. The molecule has 7 nitrogen and oxygen atoms in total. The van der Waals surface area contributed by atoms with Gasteiger partial charge in [0.1, 0.15) is 11.4 Å². The summed E-state index contributed by atoms with van der Waals surface area (Å²) in [6.45, 7) is 0. The molecule has 2 aromatic carbocycles. The highest BCUT2D eigenvalue weighted by molar-refractivity contribution is 5.98. The molecule has 7 heteroatoms. The Kier molecular flexibility index (Phi) is 4.32. The fourth-order valence-electron chi connectivity index (χ4n) is 2.69. The number of rotatable bonds is 3. The van der Waals surface area contributed by atoms with Gasteiger partial charge < -0.3 is 0 Å². The van der Waals surface area contributed by atoms with Gasteiger partial charge in [-0.05, 0) is 24.3 Å². The summed E-state index contributed by atoms with van der Waals surface area (Å²) in [5.74, 6) is -0.981. The van der Waals surface area contributed by atoms with Crippen LogP contribution in [0.15, 0.2) is 79.3 Å². The van der Waals surface area contributed by atoms with Crippen LogP contribution < -0.4 is 10.9 Å². The van der Waals surface area contributed by atoms with Gasteiger partial charge in [0, 0.05) is 11.1 Å². The van der Waals surface area contributed by atoms with Gasteiger partial charge in [-0.2, -0.15) is 0 Å². The predicted octanol–water partition coefficient (Wildman–Crippen LogP) is 2.50. The smallest absolute Gasteiger partial charge is 0.288 e. The van der Waals surface area contributed by atoms with Crippen LogP contribution in [0.2, 0.25) is 0 Å². The number of carbonyl (C=O) groups is 2. The van der Waals surface area contributed by atoms with Gasteiger partial charge >= 0.3 is 0 Å². The second-order valence-corrected chi connectivity index (χ2v) is 5.78. The summed E-state index contributed by atoms with van der Waals surface area (Å²) < 4.78 is 1.63. The molecule has 4 rings (SSSR count). The molecule has 2 N–H and O–H groups in total. The summed E-state index contributed by atoms with van der Waals surface area (Å²) in [5, 5.41) is 0.935. The number of fused-ring (bicyclic) bond motifs is 1. The summed E-state index contributed by atoms with van der Waals surface area (Å²) in [5.41, 5.74) is 6.80. The second kappa shape index (κ2) is 7.09. The van der Waals surface area contributed by atoms with E-state index in [1.165, 1.54) is 12.5 Å².